The molecule has 2 N–H and O–H groups in total. The first kappa shape index (κ1) is 17.6. The Morgan fingerprint density at radius 2 is 1.96 bits per heavy atom. The summed E-state index contributed by atoms with van der Waals surface area (Å²) in [7, 11) is 0. The standard InChI is InChI=1S/C17H24ClN3O2/c1-12(2)10-15(16(22)21-8-3-4-9-21)20-17(23)19-14-7-5-6-13(18)11-14/h5-7,11-12,15H,3-4,8-10H2,1-2H3,(H2,19,20,23)/t15-/m1/s1. The number of carbonyl (C=O) groups is 2. The molecule has 0 aromatic heterocycles. The van der Waals surface area contributed by atoms with Crippen molar-refractivity contribution in [2.24, 2.45) is 5.92 Å². The summed E-state index contributed by atoms with van der Waals surface area (Å²) in [5.74, 6) is 0.329. The zero-order valence-corrected chi connectivity index (χ0v) is 14.4. The normalized spacial score (nSPS) is 15.6. The summed E-state index contributed by atoms with van der Waals surface area (Å²) in [6.07, 6.45) is 2.70. The van der Waals surface area contributed by atoms with Crippen LogP contribution in [0.2, 0.25) is 5.02 Å². The summed E-state index contributed by atoms with van der Waals surface area (Å²) < 4.78 is 0. The summed E-state index contributed by atoms with van der Waals surface area (Å²) in [4.78, 5) is 26.6. The number of amides is 3. The molecule has 0 saturated carbocycles. The maximum absolute atomic E-state index is 12.6. The molecule has 6 heteroatoms. The lowest BCUT2D eigenvalue weighted by molar-refractivity contribution is -0.132. The van der Waals surface area contributed by atoms with Crippen molar-refractivity contribution in [1.82, 2.24) is 10.2 Å². The third kappa shape index (κ3) is 5.43. The van der Waals surface area contributed by atoms with Crippen LogP contribution in [0, 0.1) is 5.92 Å². The lowest BCUT2D eigenvalue weighted by Gasteiger charge is -2.25. The molecule has 0 unspecified atom stereocenters. The first-order chi connectivity index (χ1) is 11.0. The molecule has 3 amide bonds. The lowest BCUT2D eigenvalue weighted by atomic mass is 10.0. The maximum Gasteiger partial charge on any atom is 0.319 e. The van der Waals surface area contributed by atoms with Crippen molar-refractivity contribution in [1.29, 1.82) is 0 Å². The Morgan fingerprint density at radius 3 is 2.57 bits per heavy atom. The molecule has 0 spiro atoms. The number of likely N-dealkylation sites (tertiary alicyclic amines) is 1. The molecule has 0 bridgehead atoms. The van der Waals surface area contributed by atoms with Gasteiger partial charge < -0.3 is 15.5 Å². The number of nitrogens with one attached hydrogen (secondary N) is 2. The largest absolute Gasteiger partial charge is 0.341 e. The number of nitrogens with zero attached hydrogens (tertiary/aromatic N) is 1. The number of hydrogen-bond donors (Lipinski definition) is 2. The van der Waals surface area contributed by atoms with Crippen molar-refractivity contribution in [2.75, 3.05) is 18.4 Å². The Labute approximate surface area is 142 Å². The van der Waals surface area contributed by atoms with Crippen molar-refractivity contribution in [3.8, 4) is 0 Å². The molecular formula is C17H24ClN3O2. The van der Waals surface area contributed by atoms with Gasteiger partial charge in [0.15, 0.2) is 0 Å². The molecule has 1 aliphatic heterocycles. The van der Waals surface area contributed by atoms with E-state index in [1.54, 1.807) is 24.3 Å². The smallest absolute Gasteiger partial charge is 0.319 e. The predicted molar refractivity (Wildman–Crippen MR) is 92.7 cm³/mol. The zero-order valence-electron chi connectivity index (χ0n) is 13.6. The van der Waals surface area contributed by atoms with E-state index in [0.717, 1.165) is 25.9 Å². The molecule has 1 atom stereocenters. The van der Waals surface area contributed by atoms with E-state index in [-0.39, 0.29) is 11.9 Å². The monoisotopic (exact) mass is 337 g/mol. The molecule has 1 heterocycles. The van der Waals surface area contributed by atoms with Crippen LogP contribution >= 0.6 is 11.6 Å². The molecule has 0 aliphatic carbocycles. The van der Waals surface area contributed by atoms with Gasteiger partial charge in [0, 0.05) is 23.8 Å². The van der Waals surface area contributed by atoms with Gasteiger partial charge in [-0.25, -0.2) is 4.79 Å². The van der Waals surface area contributed by atoms with Gasteiger partial charge in [-0.15, -0.1) is 0 Å². The van der Waals surface area contributed by atoms with Crippen LogP contribution in [0.4, 0.5) is 10.5 Å². The van der Waals surface area contributed by atoms with Crippen LogP contribution in [-0.2, 0) is 4.79 Å². The van der Waals surface area contributed by atoms with E-state index in [1.807, 2.05) is 18.7 Å². The minimum Gasteiger partial charge on any atom is -0.341 e. The summed E-state index contributed by atoms with van der Waals surface area (Å²) in [5.41, 5.74) is 0.604. The zero-order chi connectivity index (χ0) is 16.8. The van der Waals surface area contributed by atoms with Gasteiger partial charge >= 0.3 is 6.03 Å². The highest BCUT2D eigenvalue weighted by Crippen LogP contribution is 2.16. The van der Waals surface area contributed by atoms with Crippen LogP contribution in [0.1, 0.15) is 33.1 Å². The van der Waals surface area contributed by atoms with Gasteiger partial charge in [0.05, 0.1) is 0 Å². The van der Waals surface area contributed by atoms with E-state index in [1.165, 1.54) is 0 Å². The average Bonchev–Trinajstić information content (AvgIpc) is 2.99. The van der Waals surface area contributed by atoms with Crippen molar-refractivity contribution >= 4 is 29.2 Å². The van der Waals surface area contributed by atoms with Crippen LogP contribution < -0.4 is 10.6 Å². The Bertz CT molecular complexity index is 557. The van der Waals surface area contributed by atoms with Gasteiger partial charge in [0.1, 0.15) is 6.04 Å². The fraction of sp³-hybridized carbons (Fsp3) is 0.529. The Balaban J connectivity index is 1.98. The van der Waals surface area contributed by atoms with Crippen molar-refractivity contribution in [3.05, 3.63) is 29.3 Å². The number of rotatable bonds is 5. The number of halogens is 1. The van der Waals surface area contributed by atoms with Crippen molar-refractivity contribution < 1.29 is 9.59 Å². The summed E-state index contributed by atoms with van der Waals surface area (Å²) in [6.45, 7) is 5.65. The van der Waals surface area contributed by atoms with Gasteiger partial charge in [0.25, 0.3) is 0 Å². The quantitative estimate of drug-likeness (QED) is 0.863. The lowest BCUT2D eigenvalue weighted by Crippen LogP contribution is -2.49. The van der Waals surface area contributed by atoms with Crippen LogP contribution in [0.3, 0.4) is 0 Å². The molecule has 23 heavy (non-hydrogen) atoms. The Morgan fingerprint density at radius 1 is 1.26 bits per heavy atom. The fourth-order valence-corrected chi connectivity index (χ4v) is 2.93. The van der Waals surface area contributed by atoms with Gasteiger partial charge in [-0.1, -0.05) is 31.5 Å². The SMILES string of the molecule is CC(C)C[C@@H](NC(=O)Nc1cccc(Cl)c1)C(=O)N1CCCC1. The van der Waals surface area contributed by atoms with Crippen LogP contribution in [-0.4, -0.2) is 36.0 Å². The third-order valence-electron chi connectivity index (χ3n) is 3.81. The molecule has 5 nitrogen and oxygen atoms in total. The predicted octanol–water partition coefficient (Wildman–Crippen LogP) is 3.50. The van der Waals surface area contributed by atoms with Gasteiger partial charge in [-0.2, -0.15) is 0 Å². The molecule has 1 aromatic rings. The highest BCUT2D eigenvalue weighted by atomic mass is 35.5. The highest BCUT2D eigenvalue weighted by Gasteiger charge is 2.28. The van der Waals surface area contributed by atoms with Crippen molar-refractivity contribution in [3.63, 3.8) is 0 Å². The minimum absolute atomic E-state index is 0.0115. The molecule has 126 valence electrons. The van der Waals surface area contributed by atoms with Crippen molar-refractivity contribution in [2.45, 2.75) is 39.2 Å². The topological polar surface area (TPSA) is 61.4 Å². The Hall–Kier alpha value is -1.75. The first-order valence-corrected chi connectivity index (χ1v) is 8.45. The molecule has 1 aliphatic rings. The van der Waals surface area contributed by atoms with E-state index in [4.69, 9.17) is 11.6 Å². The Kier molecular flexibility index (Phi) is 6.28. The molecule has 1 fully saturated rings. The second-order valence-electron chi connectivity index (χ2n) is 6.32. The second kappa shape index (κ2) is 8.20. The van der Waals surface area contributed by atoms with Crippen LogP contribution in [0.25, 0.3) is 0 Å². The molecular weight excluding hydrogens is 314 g/mol. The van der Waals surface area contributed by atoms with E-state index in [2.05, 4.69) is 10.6 Å². The number of benzene rings is 1. The number of carbonyl (C=O) groups excluding carboxylic acids is 2. The van der Waals surface area contributed by atoms with Gasteiger partial charge in [-0.05, 0) is 43.4 Å². The molecule has 2 rings (SSSR count). The second-order valence-corrected chi connectivity index (χ2v) is 6.76. The summed E-state index contributed by atoms with van der Waals surface area (Å²) in [5, 5.41) is 6.09. The molecule has 1 saturated heterocycles. The fourth-order valence-electron chi connectivity index (χ4n) is 2.74. The van der Waals surface area contributed by atoms with Crippen LogP contribution in [0.15, 0.2) is 24.3 Å². The molecule has 0 radical (unpaired) electrons. The minimum atomic E-state index is -0.493. The van der Waals surface area contributed by atoms with Crippen LogP contribution in [0.5, 0.6) is 0 Å². The summed E-state index contributed by atoms with van der Waals surface area (Å²) in [6, 6.07) is 6.05. The first-order valence-electron chi connectivity index (χ1n) is 8.07. The maximum atomic E-state index is 12.6. The number of hydrogen-bond acceptors (Lipinski definition) is 2. The van der Waals surface area contributed by atoms with E-state index in [0.29, 0.717) is 23.0 Å². The number of urea groups is 1. The third-order valence-corrected chi connectivity index (χ3v) is 4.05. The van der Waals surface area contributed by atoms with E-state index < -0.39 is 6.04 Å². The van der Waals surface area contributed by atoms with E-state index >= 15 is 0 Å². The average molecular weight is 338 g/mol. The van der Waals surface area contributed by atoms with E-state index in [9.17, 15) is 9.59 Å². The summed E-state index contributed by atoms with van der Waals surface area (Å²) >= 11 is 5.91. The molecule has 1 aromatic carbocycles. The van der Waals surface area contributed by atoms with Gasteiger partial charge in [-0.3, -0.25) is 4.79 Å². The number of anilines is 1. The van der Waals surface area contributed by atoms with Gasteiger partial charge in [0.2, 0.25) is 5.91 Å². The highest BCUT2D eigenvalue weighted by molar-refractivity contribution is 6.30.